The van der Waals surface area contributed by atoms with E-state index in [2.05, 4.69) is 14.5 Å². The molecule has 160 valence electrons. The Kier molecular flexibility index (Phi) is 5.37. The molecule has 1 N–H and O–H groups in total. The van der Waals surface area contributed by atoms with Crippen molar-refractivity contribution in [3.63, 3.8) is 0 Å². The van der Waals surface area contributed by atoms with Gasteiger partial charge >= 0.3 is 15.6 Å². The zero-order chi connectivity index (χ0) is 22.3. The van der Waals surface area contributed by atoms with Crippen LogP contribution in [0.2, 0.25) is 0 Å². The molecule has 1 heterocycles. The van der Waals surface area contributed by atoms with Crippen molar-refractivity contribution in [2.75, 3.05) is 19.5 Å². The molecule has 30 heavy (non-hydrogen) atoms. The topological polar surface area (TPSA) is 104 Å². The molecular formula is C18H15F3N2O6S. The molecule has 0 fully saturated rings. The van der Waals surface area contributed by atoms with Gasteiger partial charge in [-0.2, -0.15) is 21.6 Å². The summed E-state index contributed by atoms with van der Waals surface area (Å²) in [6.45, 7) is 1.21. The van der Waals surface area contributed by atoms with E-state index in [1.165, 1.54) is 45.4 Å². The van der Waals surface area contributed by atoms with Crippen molar-refractivity contribution in [1.82, 2.24) is 4.98 Å². The molecule has 0 unspecified atom stereocenters. The normalized spacial score (nSPS) is 12.1. The minimum absolute atomic E-state index is 0.0156. The van der Waals surface area contributed by atoms with Gasteiger partial charge in [-0.3, -0.25) is 4.79 Å². The highest BCUT2D eigenvalue weighted by molar-refractivity contribution is 7.88. The lowest BCUT2D eigenvalue weighted by Crippen LogP contribution is -2.28. The number of alkyl halides is 3. The number of benzene rings is 2. The molecule has 0 bridgehead atoms. The van der Waals surface area contributed by atoms with Gasteiger partial charge in [-0.05, 0) is 12.1 Å². The number of carbonyl (C=O) groups is 1. The Labute approximate surface area is 168 Å². The number of anilines is 1. The predicted octanol–water partition coefficient (Wildman–Crippen LogP) is 3.59. The lowest BCUT2D eigenvalue weighted by Gasteiger charge is -2.19. The zero-order valence-electron chi connectivity index (χ0n) is 15.8. The lowest BCUT2D eigenvalue weighted by atomic mass is 10.1. The smallest absolute Gasteiger partial charge is 0.494 e. The second kappa shape index (κ2) is 7.52. The number of fused-ring (bicyclic) bond motifs is 2. The fourth-order valence-electron chi connectivity index (χ4n) is 2.86. The van der Waals surface area contributed by atoms with Crippen LogP contribution in [0, 0.1) is 0 Å². The molecule has 0 spiro atoms. The first-order chi connectivity index (χ1) is 14.0. The summed E-state index contributed by atoms with van der Waals surface area (Å²) in [5, 5.41) is 2.23. The van der Waals surface area contributed by atoms with Gasteiger partial charge in [0.05, 0.1) is 30.8 Å². The Bertz CT molecular complexity index is 1260. The Morgan fingerprint density at radius 1 is 1.10 bits per heavy atom. The second-order valence-electron chi connectivity index (χ2n) is 6.01. The third-order valence-corrected chi connectivity index (χ3v) is 4.99. The molecule has 0 atom stereocenters. The maximum absolute atomic E-state index is 13.1. The number of amides is 1. The molecule has 1 aromatic heterocycles. The number of pyridine rings is 1. The van der Waals surface area contributed by atoms with Crippen LogP contribution in [-0.4, -0.2) is 39.0 Å². The third kappa shape index (κ3) is 3.65. The van der Waals surface area contributed by atoms with Gasteiger partial charge in [0.1, 0.15) is 11.3 Å². The minimum atomic E-state index is -6.03. The van der Waals surface area contributed by atoms with Crippen molar-refractivity contribution in [3.8, 4) is 17.2 Å². The van der Waals surface area contributed by atoms with E-state index in [0.29, 0.717) is 0 Å². The van der Waals surface area contributed by atoms with Gasteiger partial charge in [0.2, 0.25) is 5.91 Å². The molecule has 1 amide bonds. The highest BCUT2D eigenvalue weighted by Crippen LogP contribution is 2.47. The first kappa shape index (κ1) is 21.4. The van der Waals surface area contributed by atoms with E-state index in [-0.39, 0.29) is 39.0 Å². The van der Waals surface area contributed by atoms with Crippen molar-refractivity contribution in [1.29, 1.82) is 0 Å². The summed E-state index contributed by atoms with van der Waals surface area (Å²) in [4.78, 5) is 15.9. The molecule has 0 radical (unpaired) electrons. The van der Waals surface area contributed by atoms with E-state index in [0.717, 1.165) is 0 Å². The molecule has 3 aromatic rings. The number of rotatable bonds is 5. The summed E-state index contributed by atoms with van der Waals surface area (Å²) in [5.41, 5.74) is -5.50. The summed E-state index contributed by atoms with van der Waals surface area (Å²) in [7, 11) is -3.55. The summed E-state index contributed by atoms with van der Waals surface area (Å²) in [6.07, 6.45) is 0. The summed E-state index contributed by atoms with van der Waals surface area (Å²) in [5.74, 6) is -1.26. The van der Waals surface area contributed by atoms with Crippen LogP contribution in [0.1, 0.15) is 6.92 Å². The van der Waals surface area contributed by atoms with Gasteiger partial charge in [-0.1, -0.05) is 12.1 Å². The Hall–Kier alpha value is -3.28. The van der Waals surface area contributed by atoms with E-state index in [9.17, 15) is 26.4 Å². The number of methoxy groups -OCH3 is 2. The van der Waals surface area contributed by atoms with Crippen molar-refractivity contribution in [2.24, 2.45) is 0 Å². The minimum Gasteiger partial charge on any atom is -0.494 e. The molecule has 0 saturated carbocycles. The lowest BCUT2D eigenvalue weighted by molar-refractivity contribution is -0.114. The van der Waals surface area contributed by atoms with Crippen molar-refractivity contribution < 1.29 is 40.0 Å². The fourth-order valence-corrected chi connectivity index (χ4v) is 3.35. The summed E-state index contributed by atoms with van der Waals surface area (Å²) < 4.78 is 77.9. The van der Waals surface area contributed by atoms with Crippen LogP contribution in [0.4, 0.5) is 18.9 Å². The number of ether oxygens (including phenoxy) is 2. The van der Waals surface area contributed by atoms with Crippen molar-refractivity contribution in [2.45, 2.75) is 12.4 Å². The first-order valence-corrected chi connectivity index (χ1v) is 9.66. The van der Waals surface area contributed by atoms with E-state index < -0.39 is 27.3 Å². The Morgan fingerprint density at radius 3 is 2.33 bits per heavy atom. The van der Waals surface area contributed by atoms with Gasteiger partial charge in [-0.25, -0.2) is 4.98 Å². The monoisotopic (exact) mass is 444 g/mol. The van der Waals surface area contributed by atoms with Crippen LogP contribution < -0.4 is 19.0 Å². The van der Waals surface area contributed by atoms with E-state index in [1.54, 1.807) is 6.07 Å². The zero-order valence-corrected chi connectivity index (χ0v) is 16.6. The molecule has 0 aliphatic heterocycles. The van der Waals surface area contributed by atoms with E-state index >= 15 is 0 Å². The number of nitrogens with zero attached hydrogens (tertiary/aromatic N) is 1. The van der Waals surface area contributed by atoms with Gasteiger partial charge in [-0.15, -0.1) is 0 Å². The maximum atomic E-state index is 13.1. The van der Waals surface area contributed by atoms with Crippen molar-refractivity contribution >= 4 is 43.5 Å². The van der Waals surface area contributed by atoms with E-state index in [1.807, 2.05) is 0 Å². The van der Waals surface area contributed by atoms with Crippen LogP contribution in [0.5, 0.6) is 17.2 Å². The molecular weight excluding hydrogens is 429 g/mol. The molecule has 2 aromatic carbocycles. The average Bonchev–Trinajstić information content (AvgIpc) is 2.66. The third-order valence-electron chi connectivity index (χ3n) is 4.04. The molecule has 0 aliphatic carbocycles. The summed E-state index contributed by atoms with van der Waals surface area (Å²) >= 11 is 0. The molecule has 12 heteroatoms. The summed E-state index contributed by atoms with van der Waals surface area (Å²) in [6, 6.07) is 7.21. The largest absolute Gasteiger partial charge is 0.534 e. The van der Waals surface area contributed by atoms with E-state index in [4.69, 9.17) is 9.47 Å². The van der Waals surface area contributed by atoms with Gasteiger partial charge in [0, 0.05) is 18.4 Å². The highest BCUT2D eigenvalue weighted by atomic mass is 32.2. The van der Waals surface area contributed by atoms with Crippen LogP contribution in [0.25, 0.3) is 21.8 Å². The molecule has 3 rings (SSSR count). The fraction of sp³-hybridized carbons (Fsp3) is 0.222. The number of halogens is 3. The van der Waals surface area contributed by atoms with Crippen LogP contribution >= 0.6 is 0 Å². The molecule has 8 nitrogen and oxygen atoms in total. The maximum Gasteiger partial charge on any atom is 0.534 e. The Morgan fingerprint density at radius 2 is 1.77 bits per heavy atom. The quantitative estimate of drug-likeness (QED) is 0.364. The number of hydrogen-bond donors (Lipinski definition) is 1. The van der Waals surface area contributed by atoms with Crippen LogP contribution in [-0.2, 0) is 14.9 Å². The van der Waals surface area contributed by atoms with Crippen LogP contribution in [0.3, 0.4) is 0 Å². The number of carbonyl (C=O) groups excluding carboxylic acids is 1. The SMILES string of the molecule is COc1cc(NC(C)=O)c(OC)c2c(OS(=O)(=O)C(F)(F)F)c3ccccc3nc12. The number of hydrogen-bond acceptors (Lipinski definition) is 7. The van der Waals surface area contributed by atoms with Crippen molar-refractivity contribution in [3.05, 3.63) is 30.3 Å². The van der Waals surface area contributed by atoms with Gasteiger partial charge in [0.25, 0.3) is 0 Å². The number of nitrogens with one attached hydrogen (secondary N) is 1. The molecule has 0 saturated heterocycles. The second-order valence-corrected chi connectivity index (χ2v) is 7.54. The highest BCUT2D eigenvalue weighted by Gasteiger charge is 2.49. The van der Waals surface area contributed by atoms with Gasteiger partial charge < -0.3 is 19.0 Å². The average molecular weight is 444 g/mol. The number of para-hydroxylation sites is 1. The number of aromatic nitrogens is 1. The molecule has 0 aliphatic rings. The standard InChI is InChI=1S/C18H15F3N2O6S/c1-9(24)22-12-8-13(27-2)15-14(17(12)28-3)16(29-30(25,26)18(19,20)21)10-6-4-5-7-11(10)23-15/h4-8H,1-3H3,(H,22,24). The Balaban J connectivity index is 2.53. The first-order valence-electron chi connectivity index (χ1n) is 8.26. The van der Waals surface area contributed by atoms with Gasteiger partial charge in [0.15, 0.2) is 11.5 Å². The van der Waals surface area contributed by atoms with Crippen LogP contribution in [0.15, 0.2) is 30.3 Å². The predicted molar refractivity (Wildman–Crippen MR) is 102 cm³/mol.